The summed E-state index contributed by atoms with van der Waals surface area (Å²) < 4.78 is 0. The van der Waals surface area contributed by atoms with Gasteiger partial charge in [-0.1, -0.05) is 24.3 Å². The van der Waals surface area contributed by atoms with Gasteiger partial charge in [0.1, 0.15) is 12.1 Å². The normalized spacial score (nSPS) is 10.6. The van der Waals surface area contributed by atoms with Crippen LogP contribution >= 0.6 is 0 Å². The van der Waals surface area contributed by atoms with Crippen molar-refractivity contribution in [3.05, 3.63) is 84.2 Å². The average molecular weight is 383 g/mol. The lowest BCUT2D eigenvalue weighted by Gasteiger charge is -2.11. The van der Waals surface area contributed by atoms with Crippen LogP contribution in [0.15, 0.2) is 73.1 Å². The fourth-order valence-electron chi connectivity index (χ4n) is 3.23. The summed E-state index contributed by atoms with van der Waals surface area (Å²) in [6.07, 6.45) is 1.51. The molecular weight excluding hydrogens is 362 g/mol. The van der Waals surface area contributed by atoms with Gasteiger partial charge in [0.25, 0.3) is 0 Å². The molecule has 144 valence electrons. The molecule has 0 unspecified atom stereocenters. The van der Waals surface area contributed by atoms with Crippen molar-refractivity contribution in [3.63, 3.8) is 0 Å². The summed E-state index contributed by atoms with van der Waals surface area (Å²) in [7, 11) is 0. The van der Waals surface area contributed by atoms with Crippen molar-refractivity contribution >= 4 is 39.8 Å². The number of anilines is 4. The van der Waals surface area contributed by atoms with E-state index in [4.69, 9.17) is 0 Å². The van der Waals surface area contributed by atoms with Crippen molar-refractivity contribution < 1.29 is 4.79 Å². The Morgan fingerprint density at radius 2 is 1.48 bits per heavy atom. The molecule has 1 aromatic heterocycles. The SMILES string of the molecule is Cc1cc(C)cc(NC(=O)Nc2ccc3c(Nc4ccccc4)ncnc3c2)c1. The van der Waals surface area contributed by atoms with Gasteiger partial charge in [-0.2, -0.15) is 0 Å². The Bertz CT molecular complexity index is 1150. The van der Waals surface area contributed by atoms with E-state index in [1.165, 1.54) is 6.33 Å². The molecular formula is C23H21N5O. The van der Waals surface area contributed by atoms with Crippen molar-refractivity contribution in [1.29, 1.82) is 0 Å². The summed E-state index contributed by atoms with van der Waals surface area (Å²) >= 11 is 0. The molecule has 0 aliphatic carbocycles. The third-order valence-electron chi connectivity index (χ3n) is 4.41. The Morgan fingerprint density at radius 1 is 0.759 bits per heavy atom. The Kier molecular flexibility index (Phi) is 5.07. The lowest BCUT2D eigenvalue weighted by atomic mass is 10.1. The van der Waals surface area contributed by atoms with Crippen molar-refractivity contribution in [2.45, 2.75) is 13.8 Å². The topological polar surface area (TPSA) is 78.9 Å². The van der Waals surface area contributed by atoms with Crippen LogP contribution in [0.5, 0.6) is 0 Å². The van der Waals surface area contributed by atoms with E-state index in [1.54, 1.807) is 0 Å². The first-order valence-electron chi connectivity index (χ1n) is 9.30. The number of carbonyl (C=O) groups excluding carboxylic acids is 1. The lowest BCUT2D eigenvalue weighted by molar-refractivity contribution is 0.262. The summed E-state index contributed by atoms with van der Waals surface area (Å²) in [4.78, 5) is 21.1. The molecule has 0 aliphatic heterocycles. The van der Waals surface area contributed by atoms with E-state index in [2.05, 4.69) is 32.0 Å². The predicted octanol–water partition coefficient (Wildman–Crippen LogP) is 5.63. The molecule has 0 fully saturated rings. The van der Waals surface area contributed by atoms with Crippen LogP contribution in [-0.2, 0) is 0 Å². The largest absolute Gasteiger partial charge is 0.340 e. The maximum absolute atomic E-state index is 12.4. The minimum Gasteiger partial charge on any atom is -0.340 e. The molecule has 1 heterocycles. The van der Waals surface area contributed by atoms with Gasteiger partial charge in [-0.15, -0.1) is 0 Å². The molecule has 0 radical (unpaired) electrons. The van der Waals surface area contributed by atoms with E-state index < -0.39 is 0 Å². The van der Waals surface area contributed by atoms with Gasteiger partial charge < -0.3 is 16.0 Å². The lowest BCUT2D eigenvalue weighted by Crippen LogP contribution is -2.19. The Hall–Kier alpha value is -3.93. The number of aromatic nitrogens is 2. The van der Waals surface area contributed by atoms with Crippen LogP contribution < -0.4 is 16.0 Å². The molecule has 4 rings (SSSR count). The van der Waals surface area contributed by atoms with Gasteiger partial charge in [0.15, 0.2) is 0 Å². The molecule has 0 aliphatic rings. The molecule has 0 saturated carbocycles. The minimum absolute atomic E-state index is 0.300. The highest BCUT2D eigenvalue weighted by atomic mass is 16.2. The number of nitrogens with zero attached hydrogens (tertiary/aromatic N) is 2. The highest BCUT2D eigenvalue weighted by molar-refractivity contribution is 6.01. The third-order valence-corrected chi connectivity index (χ3v) is 4.41. The molecule has 3 N–H and O–H groups in total. The Morgan fingerprint density at radius 3 is 2.24 bits per heavy atom. The van der Waals surface area contributed by atoms with Crippen LogP contribution in [0.4, 0.5) is 27.7 Å². The predicted molar refractivity (Wildman–Crippen MR) is 118 cm³/mol. The smallest absolute Gasteiger partial charge is 0.323 e. The standard InChI is InChI=1S/C23H21N5O/c1-15-10-16(2)12-19(11-15)28-23(29)27-18-8-9-20-21(13-18)24-14-25-22(20)26-17-6-4-3-5-7-17/h3-14H,1-2H3,(H,24,25,26)(H2,27,28,29). The van der Waals surface area contributed by atoms with Crippen LogP contribution in [0.2, 0.25) is 0 Å². The first-order chi connectivity index (χ1) is 14.1. The molecule has 2 amide bonds. The fourth-order valence-corrected chi connectivity index (χ4v) is 3.23. The zero-order chi connectivity index (χ0) is 20.2. The Labute approximate surface area is 169 Å². The number of hydrogen-bond donors (Lipinski definition) is 3. The molecule has 29 heavy (non-hydrogen) atoms. The number of amides is 2. The first-order valence-corrected chi connectivity index (χ1v) is 9.30. The number of benzene rings is 3. The number of fused-ring (bicyclic) bond motifs is 1. The summed E-state index contributed by atoms with van der Waals surface area (Å²) in [6, 6.07) is 21.0. The van der Waals surface area contributed by atoms with Crippen LogP contribution in [0.1, 0.15) is 11.1 Å². The average Bonchev–Trinajstić information content (AvgIpc) is 2.68. The number of rotatable bonds is 4. The number of para-hydroxylation sites is 1. The molecule has 6 nitrogen and oxygen atoms in total. The van der Waals surface area contributed by atoms with E-state index >= 15 is 0 Å². The zero-order valence-electron chi connectivity index (χ0n) is 16.2. The van der Waals surface area contributed by atoms with Gasteiger partial charge in [0, 0.05) is 22.4 Å². The second-order valence-electron chi connectivity index (χ2n) is 6.90. The van der Waals surface area contributed by atoms with E-state index in [1.807, 2.05) is 74.5 Å². The van der Waals surface area contributed by atoms with Crippen LogP contribution in [0.3, 0.4) is 0 Å². The second-order valence-corrected chi connectivity index (χ2v) is 6.90. The van der Waals surface area contributed by atoms with Gasteiger partial charge in [-0.05, 0) is 67.4 Å². The maximum Gasteiger partial charge on any atom is 0.323 e. The summed E-state index contributed by atoms with van der Waals surface area (Å²) in [5.74, 6) is 0.715. The number of aryl methyl sites for hydroxylation is 2. The summed E-state index contributed by atoms with van der Waals surface area (Å²) in [5.41, 5.74) is 5.30. The van der Waals surface area contributed by atoms with Gasteiger partial charge >= 0.3 is 6.03 Å². The molecule has 3 aromatic carbocycles. The van der Waals surface area contributed by atoms with E-state index in [9.17, 15) is 4.79 Å². The fraction of sp³-hybridized carbons (Fsp3) is 0.0870. The molecule has 0 saturated heterocycles. The summed E-state index contributed by atoms with van der Waals surface area (Å²) in [6.45, 7) is 4.00. The number of hydrogen-bond acceptors (Lipinski definition) is 4. The van der Waals surface area contributed by atoms with Gasteiger partial charge in [0.05, 0.1) is 5.52 Å². The minimum atomic E-state index is -0.300. The van der Waals surface area contributed by atoms with Gasteiger partial charge in [-0.3, -0.25) is 0 Å². The number of carbonyl (C=O) groups is 1. The molecule has 0 bridgehead atoms. The Balaban J connectivity index is 1.52. The number of urea groups is 1. The molecule has 0 spiro atoms. The number of nitrogens with one attached hydrogen (secondary N) is 3. The van der Waals surface area contributed by atoms with E-state index in [0.29, 0.717) is 11.5 Å². The molecule has 0 atom stereocenters. The van der Waals surface area contributed by atoms with Crippen LogP contribution in [0, 0.1) is 13.8 Å². The monoisotopic (exact) mass is 383 g/mol. The van der Waals surface area contributed by atoms with Crippen molar-refractivity contribution in [2.24, 2.45) is 0 Å². The third kappa shape index (κ3) is 4.50. The first kappa shape index (κ1) is 18.4. The maximum atomic E-state index is 12.4. The summed E-state index contributed by atoms with van der Waals surface area (Å²) in [5, 5.41) is 9.90. The van der Waals surface area contributed by atoms with E-state index in [0.717, 1.165) is 33.4 Å². The van der Waals surface area contributed by atoms with Crippen molar-refractivity contribution in [1.82, 2.24) is 9.97 Å². The van der Waals surface area contributed by atoms with Gasteiger partial charge in [0.2, 0.25) is 0 Å². The van der Waals surface area contributed by atoms with Crippen molar-refractivity contribution in [2.75, 3.05) is 16.0 Å². The molecule has 4 aromatic rings. The van der Waals surface area contributed by atoms with Crippen molar-refractivity contribution in [3.8, 4) is 0 Å². The van der Waals surface area contributed by atoms with E-state index in [-0.39, 0.29) is 6.03 Å². The quantitative estimate of drug-likeness (QED) is 0.426. The van der Waals surface area contributed by atoms with Crippen LogP contribution in [0.25, 0.3) is 10.9 Å². The van der Waals surface area contributed by atoms with Crippen LogP contribution in [-0.4, -0.2) is 16.0 Å². The highest BCUT2D eigenvalue weighted by Gasteiger charge is 2.08. The second kappa shape index (κ2) is 7.98. The zero-order valence-corrected chi connectivity index (χ0v) is 16.2. The van der Waals surface area contributed by atoms with Gasteiger partial charge in [-0.25, -0.2) is 14.8 Å². The molecule has 6 heteroatoms. The highest BCUT2D eigenvalue weighted by Crippen LogP contribution is 2.25.